The molecular formula is C10H13ClO2S. The zero-order valence-electron chi connectivity index (χ0n) is 8.00. The first kappa shape index (κ1) is 11.5. The Morgan fingerprint density at radius 1 is 1.64 bits per heavy atom. The molecule has 0 spiro atoms. The molecule has 1 unspecified atom stereocenters. The minimum absolute atomic E-state index is 0.230. The topological polar surface area (TPSA) is 37.3 Å². The van der Waals surface area contributed by atoms with E-state index >= 15 is 0 Å². The van der Waals surface area contributed by atoms with Gasteiger partial charge in [0.15, 0.2) is 0 Å². The quantitative estimate of drug-likeness (QED) is 0.845. The molecule has 0 saturated heterocycles. The smallest absolute Gasteiger partial charge is 0.303 e. The molecule has 0 aliphatic carbocycles. The Morgan fingerprint density at radius 3 is 2.86 bits per heavy atom. The number of hydrogen-bond acceptors (Lipinski definition) is 2. The number of aliphatic carboxylic acids is 1. The first-order chi connectivity index (χ1) is 6.58. The van der Waals surface area contributed by atoms with Crippen LogP contribution in [0.3, 0.4) is 0 Å². The SMILES string of the molecule is CC(CCc1ccc(Cl)s1)CC(=O)O. The molecule has 1 atom stereocenters. The van der Waals surface area contributed by atoms with Crippen LogP contribution in [-0.4, -0.2) is 11.1 Å². The van der Waals surface area contributed by atoms with Crippen LogP contribution in [0, 0.1) is 5.92 Å². The Hall–Kier alpha value is -0.540. The lowest BCUT2D eigenvalue weighted by Gasteiger charge is -2.06. The van der Waals surface area contributed by atoms with Crippen molar-refractivity contribution in [3.8, 4) is 0 Å². The molecule has 1 heterocycles. The molecule has 0 saturated carbocycles. The van der Waals surface area contributed by atoms with Crippen molar-refractivity contribution >= 4 is 28.9 Å². The van der Waals surface area contributed by atoms with E-state index < -0.39 is 5.97 Å². The maximum absolute atomic E-state index is 10.4. The molecule has 0 bridgehead atoms. The minimum Gasteiger partial charge on any atom is -0.481 e. The number of carboxylic acid groups (broad SMARTS) is 1. The Labute approximate surface area is 92.5 Å². The predicted molar refractivity (Wildman–Crippen MR) is 59.1 cm³/mol. The molecular weight excluding hydrogens is 220 g/mol. The van der Waals surface area contributed by atoms with Gasteiger partial charge in [0.25, 0.3) is 0 Å². The van der Waals surface area contributed by atoms with Crippen LogP contribution >= 0.6 is 22.9 Å². The van der Waals surface area contributed by atoms with Crippen molar-refractivity contribution in [2.75, 3.05) is 0 Å². The van der Waals surface area contributed by atoms with Gasteiger partial charge in [-0.25, -0.2) is 0 Å². The van der Waals surface area contributed by atoms with Gasteiger partial charge in [-0.05, 0) is 30.9 Å². The Kier molecular flexibility index (Phi) is 4.42. The second-order valence-electron chi connectivity index (χ2n) is 3.45. The highest BCUT2D eigenvalue weighted by molar-refractivity contribution is 7.16. The fourth-order valence-electron chi connectivity index (χ4n) is 1.27. The van der Waals surface area contributed by atoms with Gasteiger partial charge in [0.05, 0.1) is 4.34 Å². The molecule has 0 fully saturated rings. The third-order valence-electron chi connectivity index (χ3n) is 2.04. The largest absolute Gasteiger partial charge is 0.481 e. The first-order valence-electron chi connectivity index (χ1n) is 4.54. The van der Waals surface area contributed by atoms with Crippen LogP contribution in [0.5, 0.6) is 0 Å². The highest BCUT2D eigenvalue weighted by atomic mass is 35.5. The van der Waals surface area contributed by atoms with Crippen molar-refractivity contribution in [1.29, 1.82) is 0 Å². The molecule has 0 amide bonds. The molecule has 0 aliphatic rings. The average molecular weight is 233 g/mol. The van der Waals surface area contributed by atoms with Crippen LogP contribution in [0.1, 0.15) is 24.6 Å². The number of thiophene rings is 1. The zero-order chi connectivity index (χ0) is 10.6. The average Bonchev–Trinajstić information content (AvgIpc) is 2.47. The van der Waals surface area contributed by atoms with Crippen LogP contribution in [0.25, 0.3) is 0 Å². The van der Waals surface area contributed by atoms with Gasteiger partial charge in [-0.3, -0.25) is 4.79 Å². The van der Waals surface area contributed by atoms with Crippen molar-refractivity contribution in [3.05, 3.63) is 21.3 Å². The molecule has 4 heteroatoms. The van der Waals surface area contributed by atoms with Gasteiger partial charge in [0.2, 0.25) is 0 Å². The monoisotopic (exact) mass is 232 g/mol. The summed E-state index contributed by atoms with van der Waals surface area (Å²) in [6.07, 6.45) is 2.08. The number of carbonyl (C=O) groups is 1. The molecule has 0 radical (unpaired) electrons. The Balaban J connectivity index is 2.30. The Morgan fingerprint density at radius 2 is 2.36 bits per heavy atom. The van der Waals surface area contributed by atoms with Crippen LogP contribution < -0.4 is 0 Å². The molecule has 14 heavy (non-hydrogen) atoms. The zero-order valence-corrected chi connectivity index (χ0v) is 9.57. The van der Waals surface area contributed by atoms with E-state index in [1.54, 1.807) is 11.3 Å². The summed E-state index contributed by atoms with van der Waals surface area (Å²) in [5.74, 6) is -0.491. The number of halogens is 1. The second-order valence-corrected chi connectivity index (χ2v) is 5.25. The molecule has 2 nitrogen and oxygen atoms in total. The normalized spacial score (nSPS) is 12.7. The highest BCUT2D eigenvalue weighted by Gasteiger charge is 2.08. The predicted octanol–water partition coefficient (Wildman–Crippen LogP) is 3.44. The van der Waals surface area contributed by atoms with Crippen molar-refractivity contribution in [2.24, 2.45) is 5.92 Å². The molecule has 78 valence electrons. The second kappa shape index (κ2) is 5.37. The van der Waals surface area contributed by atoms with E-state index in [-0.39, 0.29) is 12.3 Å². The summed E-state index contributed by atoms with van der Waals surface area (Å²) in [5, 5.41) is 8.57. The standard InChI is InChI=1S/C10H13ClO2S/c1-7(6-10(12)13)2-3-8-4-5-9(11)14-8/h4-5,7H,2-3,6H2,1H3,(H,12,13). The van der Waals surface area contributed by atoms with E-state index in [0.29, 0.717) is 0 Å². The van der Waals surface area contributed by atoms with Crippen molar-refractivity contribution in [1.82, 2.24) is 0 Å². The van der Waals surface area contributed by atoms with E-state index in [2.05, 4.69) is 0 Å². The lowest BCUT2D eigenvalue weighted by molar-refractivity contribution is -0.138. The van der Waals surface area contributed by atoms with E-state index in [1.807, 2.05) is 19.1 Å². The van der Waals surface area contributed by atoms with E-state index in [9.17, 15) is 4.79 Å². The fourth-order valence-corrected chi connectivity index (χ4v) is 2.38. The Bertz CT molecular complexity index is 309. The summed E-state index contributed by atoms with van der Waals surface area (Å²) >= 11 is 7.35. The summed E-state index contributed by atoms with van der Waals surface area (Å²) in [7, 11) is 0. The van der Waals surface area contributed by atoms with E-state index in [1.165, 1.54) is 4.88 Å². The van der Waals surface area contributed by atoms with Gasteiger partial charge in [0.1, 0.15) is 0 Å². The molecule has 1 rings (SSSR count). The van der Waals surface area contributed by atoms with Gasteiger partial charge in [-0.1, -0.05) is 18.5 Å². The van der Waals surface area contributed by atoms with Gasteiger partial charge in [0, 0.05) is 11.3 Å². The number of aryl methyl sites for hydroxylation is 1. The fraction of sp³-hybridized carbons (Fsp3) is 0.500. The van der Waals surface area contributed by atoms with Gasteiger partial charge in [-0.15, -0.1) is 11.3 Å². The third kappa shape index (κ3) is 4.11. The van der Waals surface area contributed by atoms with Crippen molar-refractivity contribution in [3.63, 3.8) is 0 Å². The van der Waals surface area contributed by atoms with Crippen LogP contribution in [-0.2, 0) is 11.2 Å². The van der Waals surface area contributed by atoms with Crippen molar-refractivity contribution in [2.45, 2.75) is 26.2 Å². The molecule has 0 aromatic carbocycles. The molecule has 0 aliphatic heterocycles. The summed E-state index contributed by atoms with van der Waals surface area (Å²) in [5.41, 5.74) is 0. The number of carboxylic acids is 1. The van der Waals surface area contributed by atoms with E-state index in [4.69, 9.17) is 16.7 Å². The molecule has 1 aromatic heterocycles. The van der Waals surface area contributed by atoms with Crippen LogP contribution in [0.4, 0.5) is 0 Å². The lowest BCUT2D eigenvalue weighted by Crippen LogP contribution is -2.04. The van der Waals surface area contributed by atoms with Crippen LogP contribution in [0.2, 0.25) is 4.34 Å². The number of rotatable bonds is 5. The summed E-state index contributed by atoms with van der Waals surface area (Å²) in [4.78, 5) is 11.6. The maximum atomic E-state index is 10.4. The first-order valence-corrected chi connectivity index (χ1v) is 5.73. The van der Waals surface area contributed by atoms with Gasteiger partial charge in [-0.2, -0.15) is 0 Å². The number of hydrogen-bond donors (Lipinski definition) is 1. The maximum Gasteiger partial charge on any atom is 0.303 e. The van der Waals surface area contributed by atoms with Crippen LogP contribution in [0.15, 0.2) is 12.1 Å². The van der Waals surface area contributed by atoms with Gasteiger partial charge >= 0.3 is 5.97 Å². The van der Waals surface area contributed by atoms with Crippen molar-refractivity contribution < 1.29 is 9.90 Å². The molecule has 1 aromatic rings. The minimum atomic E-state index is -0.721. The summed E-state index contributed by atoms with van der Waals surface area (Å²) in [6.45, 7) is 1.96. The summed E-state index contributed by atoms with van der Waals surface area (Å²) < 4.78 is 0.797. The third-order valence-corrected chi connectivity index (χ3v) is 3.33. The summed E-state index contributed by atoms with van der Waals surface area (Å²) in [6, 6.07) is 3.88. The van der Waals surface area contributed by atoms with E-state index in [0.717, 1.165) is 17.2 Å². The highest BCUT2D eigenvalue weighted by Crippen LogP contribution is 2.24. The molecule has 1 N–H and O–H groups in total. The van der Waals surface area contributed by atoms with Gasteiger partial charge < -0.3 is 5.11 Å². The lowest BCUT2D eigenvalue weighted by atomic mass is 10.0.